The smallest absolute Gasteiger partial charge is 0.0965 e. The van der Waals surface area contributed by atoms with Crippen LogP contribution >= 0.6 is 11.3 Å². The van der Waals surface area contributed by atoms with Gasteiger partial charge in [0.2, 0.25) is 0 Å². The molecule has 3 atom stereocenters. The molecule has 1 aromatic heterocycles. The highest BCUT2D eigenvalue weighted by Crippen LogP contribution is 2.22. The predicted molar refractivity (Wildman–Crippen MR) is 82.8 cm³/mol. The highest BCUT2D eigenvalue weighted by molar-refractivity contribution is 7.09. The van der Waals surface area contributed by atoms with E-state index in [-0.39, 0.29) is 0 Å². The lowest BCUT2D eigenvalue weighted by molar-refractivity contribution is 0.105. The van der Waals surface area contributed by atoms with Crippen molar-refractivity contribution in [2.45, 2.75) is 52.1 Å². The highest BCUT2D eigenvalue weighted by Gasteiger charge is 2.29. The summed E-state index contributed by atoms with van der Waals surface area (Å²) in [4.78, 5) is 7.14. The van der Waals surface area contributed by atoms with Gasteiger partial charge in [-0.3, -0.25) is 4.90 Å². The van der Waals surface area contributed by atoms with E-state index in [4.69, 9.17) is 0 Å². The zero-order valence-electron chi connectivity index (χ0n) is 12.6. The van der Waals surface area contributed by atoms with Crippen LogP contribution in [-0.2, 0) is 0 Å². The molecule has 1 aliphatic rings. The average molecular weight is 281 g/mol. The van der Waals surface area contributed by atoms with E-state index >= 15 is 0 Å². The molecule has 2 heterocycles. The summed E-state index contributed by atoms with van der Waals surface area (Å²) in [6.07, 6.45) is 3.14. The van der Waals surface area contributed by atoms with E-state index in [1.165, 1.54) is 18.0 Å². The first-order valence-corrected chi connectivity index (χ1v) is 8.36. The van der Waals surface area contributed by atoms with Crippen LogP contribution in [0.15, 0.2) is 11.6 Å². The number of rotatable bonds is 5. The number of nitrogens with one attached hydrogen (secondary N) is 1. The molecule has 0 bridgehead atoms. The molecule has 1 fully saturated rings. The van der Waals surface area contributed by atoms with Crippen LogP contribution < -0.4 is 5.32 Å². The zero-order valence-corrected chi connectivity index (χ0v) is 13.4. The number of nitrogens with zero attached hydrogens (tertiary/aromatic N) is 2. The maximum Gasteiger partial charge on any atom is 0.0965 e. The SMILES string of the molecule is CCC1CNC(C(C)C)CN1CC(C)c1nccs1. The predicted octanol–water partition coefficient (Wildman–Crippen LogP) is 2.96. The summed E-state index contributed by atoms with van der Waals surface area (Å²) in [6, 6.07) is 1.31. The molecule has 1 N–H and O–H groups in total. The molecule has 0 amide bonds. The molecule has 2 rings (SSSR count). The monoisotopic (exact) mass is 281 g/mol. The molecule has 0 spiro atoms. The van der Waals surface area contributed by atoms with Crippen molar-refractivity contribution in [1.29, 1.82) is 0 Å². The van der Waals surface area contributed by atoms with Crippen LogP contribution in [0.2, 0.25) is 0 Å². The van der Waals surface area contributed by atoms with Crippen molar-refractivity contribution >= 4 is 11.3 Å². The first-order chi connectivity index (χ1) is 9.11. The van der Waals surface area contributed by atoms with Crippen molar-refractivity contribution in [3.05, 3.63) is 16.6 Å². The second-order valence-electron chi connectivity index (χ2n) is 6.05. The van der Waals surface area contributed by atoms with E-state index in [2.05, 4.69) is 48.3 Å². The van der Waals surface area contributed by atoms with Gasteiger partial charge in [0.25, 0.3) is 0 Å². The molecule has 4 heteroatoms. The van der Waals surface area contributed by atoms with E-state index in [1.54, 1.807) is 11.3 Å². The first kappa shape index (κ1) is 14.9. The Morgan fingerprint density at radius 2 is 2.26 bits per heavy atom. The summed E-state index contributed by atoms with van der Waals surface area (Å²) in [5.74, 6) is 1.25. The minimum atomic E-state index is 0.542. The van der Waals surface area contributed by atoms with E-state index in [0.717, 1.165) is 13.1 Å². The Morgan fingerprint density at radius 3 is 2.84 bits per heavy atom. The number of hydrogen-bond acceptors (Lipinski definition) is 4. The standard InChI is InChI=1S/C15H27N3S/c1-5-13-8-17-14(11(2)3)10-18(13)9-12(4)15-16-6-7-19-15/h6-7,11-14,17H,5,8-10H2,1-4H3. The van der Waals surface area contributed by atoms with Crippen LogP contribution in [0.1, 0.15) is 45.0 Å². The molecule has 0 aliphatic carbocycles. The Bertz CT molecular complexity index is 363. The molecular formula is C15H27N3S. The minimum absolute atomic E-state index is 0.542. The van der Waals surface area contributed by atoms with E-state index in [0.29, 0.717) is 23.9 Å². The fourth-order valence-electron chi connectivity index (χ4n) is 2.86. The molecule has 0 saturated carbocycles. The highest BCUT2D eigenvalue weighted by atomic mass is 32.1. The molecule has 3 unspecified atom stereocenters. The van der Waals surface area contributed by atoms with Crippen LogP contribution in [0, 0.1) is 5.92 Å². The summed E-state index contributed by atoms with van der Waals surface area (Å²) < 4.78 is 0. The third kappa shape index (κ3) is 3.77. The number of piperazine rings is 1. The van der Waals surface area contributed by atoms with Gasteiger partial charge in [-0.2, -0.15) is 0 Å². The summed E-state index contributed by atoms with van der Waals surface area (Å²) in [5, 5.41) is 7.06. The molecule has 108 valence electrons. The summed E-state index contributed by atoms with van der Waals surface area (Å²) in [6.45, 7) is 12.7. The van der Waals surface area contributed by atoms with Crippen LogP contribution in [0.3, 0.4) is 0 Å². The van der Waals surface area contributed by atoms with E-state index in [9.17, 15) is 0 Å². The van der Waals surface area contributed by atoms with Crippen LogP contribution in [0.4, 0.5) is 0 Å². The zero-order chi connectivity index (χ0) is 13.8. The van der Waals surface area contributed by atoms with Crippen LogP contribution in [-0.4, -0.2) is 41.6 Å². The van der Waals surface area contributed by atoms with Crippen molar-refractivity contribution in [3.8, 4) is 0 Å². The molecular weight excluding hydrogens is 254 g/mol. The molecule has 0 radical (unpaired) electrons. The second kappa shape index (κ2) is 6.82. The van der Waals surface area contributed by atoms with Gasteiger partial charge in [-0.25, -0.2) is 4.98 Å². The third-order valence-corrected chi connectivity index (χ3v) is 5.23. The van der Waals surface area contributed by atoms with Crippen molar-refractivity contribution < 1.29 is 0 Å². The molecule has 19 heavy (non-hydrogen) atoms. The minimum Gasteiger partial charge on any atom is -0.311 e. The van der Waals surface area contributed by atoms with Crippen molar-refractivity contribution in [3.63, 3.8) is 0 Å². The topological polar surface area (TPSA) is 28.2 Å². The third-order valence-electron chi connectivity index (χ3n) is 4.22. The largest absolute Gasteiger partial charge is 0.311 e. The fraction of sp³-hybridized carbons (Fsp3) is 0.800. The van der Waals surface area contributed by atoms with Gasteiger partial charge in [-0.15, -0.1) is 11.3 Å². The van der Waals surface area contributed by atoms with Gasteiger partial charge in [-0.05, 0) is 12.3 Å². The molecule has 1 aliphatic heterocycles. The lowest BCUT2D eigenvalue weighted by Crippen LogP contribution is -2.58. The van der Waals surface area contributed by atoms with Crippen molar-refractivity contribution in [2.75, 3.05) is 19.6 Å². The molecule has 0 aromatic carbocycles. The van der Waals surface area contributed by atoms with Gasteiger partial charge in [0.1, 0.15) is 0 Å². The Hall–Kier alpha value is -0.450. The number of aromatic nitrogens is 1. The van der Waals surface area contributed by atoms with Gasteiger partial charge in [-0.1, -0.05) is 27.7 Å². The van der Waals surface area contributed by atoms with Gasteiger partial charge < -0.3 is 5.32 Å². The van der Waals surface area contributed by atoms with Gasteiger partial charge in [0, 0.05) is 49.2 Å². The van der Waals surface area contributed by atoms with Gasteiger partial charge >= 0.3 is 0 Å². The summed E-state index contributed by atoms with van der Waals surface area (Å²) in [5.41, 5.74) is 0. The Balaban J connectivity index is 1.98. The Labute approximate surface area is 121 Å². The number of hydrogen-bond donors (Lipinski definition) is 1. The lowest BCUT2D eigenvalue weighted by Gasteiger charge is -2.42. The molecule has 1 saturated heterocycles. The maximum absolute atomic E-state index is 4.46. The molecule has 1 aromatic rings. The van der Waals surface area contributed by atoms with Gasteiger partial charge in [0.15, 0.2) is 0 Å². The van der Waals surface area contributed by atoms with E-state index in [1.807, 2.05) is 6.20 Å². The molecule has 3 nitrogen and oxygen atoms in total. The Kier molecular flexibility index (Phi) is 5.37. The maximum atomic E-state index is 4.46. The second-order valence-corrected chi connectivity index (χ2v) is 6.97. The summed E-state index contributed by atoms with van der Waals surface area (Å²) >= 11 is 1.78. The fourth-order valence-corrected chi connectivity index (χ4v) is 3.55. The first-order valence-electron chi connectivity index (χ1n) is 7.48. The van der Waals surface area contributed by atoms with Crippen LogP contribution in [0.25, 0.3) is 0 Å². The summed E-state index contributed by atoms with van der Waals surface area (Å²) in [7, 11) is 0. The lowest BCUT2D eigenvalue weighted by atomic mass is 9.97. The quantitative estimate of drug-likeness (QED) is 0.899. The van der Waals surface area contributed by atoms with Crippen LogP contribution in [0.5, 0.6) is 0 Å². The Morgan fingerprint density at radius 1 is 1.47 bits per heavy atom. The average Bonchev–Trinajstić information content (AvgIpc) is 2.92. The number of thiazole rings is 1. The normalized spacial score (nSPS) is 26.8. The van der Waals surface area contributed by atoms with E-state index < -0.39 is 0 Å². The van der Waals surface area contributed by atoms with Crippen molar-refractivity contribution in [1.82, 2.24) is 15.2 Å². The van der Waals surface area contributed by atoms with Gasteiger partial charge in [0.05, 0.1) is 5.01 Å². The van der Waals surface area contributed by atoms with Crippen molar-refractivity contribution in [2.24, 2.45) is 5.92 Å².